The molecule has 0 aromatic heterocycles. The minimum absolute atomic E-state index is 0.312. The van der Waals surface area contributed by atoms with Crippen LogP contribution in [0.25, 0.3) is 0 Å². The van der Waals surface area contributed by atoms with Crippen molar-refractivity contribution < 1.29 is 13.2 Å². The zero-order valence-electron chi connectivity index (χ0n) is 12.4. The van der Waals surface area contributed by atoms with Gasteiger partial charge in [-0.3, -0.25) is 4.90 Å². The van der Waals surface area contributed by atoms with Crippen LogP contribution in [0.4, 0.5) is 13.2 Å². The third-order valence-electron chi connectivity index (χ3n) is 3.89. The van der Waals surface area contributed by atoms with E-state index in [4.69, 9.17) is 0 Å². The van der Waals surface area contributed by atoms with E-state index in [0.29, 0.717) is 12.5 Å². The standard InChI is InChI=1S/C16H23F3N2/c1-13-4-6-14(7-5-13)10-21-8-2-3-15(11-21)9-20-12-16(17,18)19/h4-7,15,20H,2-3,8-12H2,1H3. The fourth-order valence-electron chi connectivity index (χ4n) is 2.83. The van der Waals surface area contributed by atoms with Gasteiger partial charge in [-0.15, -0.1) is 0 Å². The molecule has 0 aliphatic carbocycles. The fraction of sp³-hybridized carbons (Fsp3) is 0.625. The van der Waals surface area contributed by atoms with Crippen molar-refractivity contribution in [2.24, 2.45) is 5.92 Å². The lowest BCUT2D eigenvalue weighted by Crippen LogP contribution is -2.41. The molecule has 0 radical (unpaired) electrons. The summed E-state index contributed by atoms with van der Waals surface area (Å²) in [4.78, 5) is 2.34. The highest BCUT2D eigenvalue weighted by Gasteiger charge is 2.27. The molecule has 0 saturated carbocycles. The number of benzene rings is 1. The summed E-state index contributed by atoms with van der Waals surface area (Å²) in [5.74, 6) is 0.312. The maximum absolute atomic E-state index is 12.1. The van der Waals surface area contributed by atoms with Crippen LogP contribution in [0.1, 0.15) is 24.0 Å². The van der Waals surface area contributed by atoms with Gasteiger partial charge in [0.05, 0.1) is 6.54 Å². The number of hydrogen-bond acceptors (Lipinski definition) is 2. The lowest BCUT2D eigenvalue weighted by atomic mass is 9.97. The highest BCUT2D eigenvalue weighted by atomic mass is 19.4. The molecule has 118 valence electrons. The van der Waals surface area contributed by atoms with E-state index in [-0.39, 0.29) is 0 Å². The van der Waals surface area contributed by atoms with Gasteiger partial charge in [-0.1, -0.05) is 29.8 Å². The van der Waals surface area contributed by atoms with Gasteiger partial charge in [0, 0.05) is 13.1 Å². The lowest BCUT2D eigenvalue weighted by Gasteiger charge is -2.33. The summed E-state index contributed by atoms with van der Waals surface area (Å²) in [6.07, 6.45) is -2.05. The van der Waals surface area contributed by atoms with Crippen molar-refractivity contribution in [2.45, 2.75) is 32.5 Å². The summed E-state index contributed by atoms with van der Waals surface area (Å²) in [6, 6.07) is 8.45. The monoisotopic (exact) mass is 300 g/mol. The van der Waals surface area contributed by atoms with E-state index < -0.39 is 12.7 Å². The van der Waals surface area contributed by atoms with Crippen LogP contribution in [-0.4, -0.2) is 37.3 Å². The number of nitrogens with one attached hydrogen (secondary N) is 1. The Labute approximate surface area is 124 Å². The molecule has 0 spiro atoms. The summed E-state index contributed by atoms with van der Waals surface area (Å²) in [6.45, 7) is 4.41. The van der Waals surface area contributed by atoms with Crippen LogP contribution in [-0.2, 0) is 6.54 Å². The second-order valence-corrected chi connectivity index (χ2v) is 5.98. The topological polar surface area (TPSA) is 15.3 Å². The van der Waals surface area contributed by atoms with Gasteiger partial charge in [0.2, 0.25) is 0 Å². The first-order valence-corrected chi connectivity index (χ1v) is 7.48. The predicted octanol–water partition coefficient (Wildman–Crippen LogP) is 3.36. The maximum Gasteiger partial charge on any atom is 0.401 e. The Morgan fingerprint density at radius 2 is 1.95 bits per heavy atom. The predicted molar refractivity (Wildman–Crippen MR) is 78.1 cm³/mol. The van der Waals surface area contributed by atoms with Crippen LogP contribution < -0.4 is 5.32 Å². The molecule has 1 atom stereocenters. The van der Waals surface area contributed by atoms with E-state index in [1.165, 1.54) is 11.1 Å². The zero-order chi connectivity index (χ0) is 15.3. The van der Waals surface area contributed by atoms with Gasteiger partial charge in [-0.25, -0.2) is 0 Å². The van der Waals surface area contributed by atoms with Crippen LogP contribution in [0.5, 0.6) is 0 Å². The van der Waals surface area contributed by atoms with Crippen molar-refractivity contribution in [3.63, 3.8) is 0 Å². The summed E-state index contributed by atoms with van der Waals surface area (Å²) in [5.41, 5.74) is 2.51. The average Bonchev–Trinajstić information content (AvgIpc) is 2.40. The molecule has 1 heterocycles. The average molecular weight is 300 g/mol. The Morgan fingerprint density at radius 1 is 1.24 bits per heavy atom. The van der Waals surface area contributed by atoms with E-state index in [1.807, 2.05) is 0 Å². The van der Waals surface area contributed by atoms with Crippen LogP contribution in [0.2, 0.25) is 0 Å². The molecule has 1 aliphatic rings. The van der Waals surface area contributed by atoms with Gasteiger partial charge in [-0.05, 0) is 44.3 Å². The summed E-state index contributed by atoms with van der Waals surface area (Å²) < 4.78 is 36.4. The van der Waals surface area contributed by atoms with Crippen LogP contribution in [0.15, 0.2) is 24.3 Å². The SMILES string of the molecule is Cc1ccc(CN2CCCC(CNCC(F)(F)F)C2)cc1. The molecule has 1 N–H and O–H groups in total. The van der Waals surface area contributed by atoms with E-state index in [9.17, 15) is 13.2 Å². The first-order valence-electron chi connectivity index (χ1n) is 7.48. The first kappa shape index (κ1) is 16.3. The molecule has 1 aromatic rings. The number of likely N-dealkylation sites (tertiary alicyclic amines) is 1. The van der Waals surface area contributed by atoms with Crippen LogP contribution >= 0.6 is 0 Å². The van der Waals surface area contributed by atoms with Crippen molar-refractivity contribution in [1.82, 2.24) is 10.2 Å². The molecule has 1 saturated heterocycles. The van der Waals surface area contributed by atoms with Crippen LogP contribution in [0, 0.1) is 12.8 Å². The Hall–Kier alpha value is -1.07. The summed E-state index contributed by atoms with van der Waals surface area (Å²) in [5, 5.41) is 2.54. The van der Waals surface area contributed by atoms with Gasteiger partial charge in [0.25, 0.3) is 0 Å². The number of halogens is 3. The van der Waals surface area contributed by atoms with E-state index in [1.54, 1.807) is 0 Å². The highest BCUT2D eigenvalue weighted by molar-refractivity contribution is 5.21. The van der Waals surface area contributed by atoms with Gasteiger partial charge < -0.3 is 5.32 Å². The van der Waals surface area contributed by atoms with Crippen molar-refractivity contribution in [3.05, 3.63) is 35.4 Å². The molecule has 0 amide bonds. The molecular weight excluding hydrogens is 277 g/mol. The molecule has 5 heteroatoms. The number of aryl methyl sites for hydroxylation is 1. The van der Waals surface area contributed by atoms with E-state index in [2.05, 4.69) is 41.4 Å². The van der Waals surface area contributed by atoms with Crippen molar-refractivity contribution in [3.8, 4) is 0 Å². The maximum atomic E-state index is 12.1. The number of alkyl halides is 3. The second-order valence-electron chi connectivity index (χ2n) is 5.98. The lowest BCUT2D eigenvalue weighted by molar-refractivity contribution is -0.125. The molecule has 1 aromatic carbocycles. The summed E-state index contributed by atoms with van der Waals surface area (Å²) in [7, 11) is 0. The first-order chi connectivity index (χ1) is 9.92. The van der Waals surface area contributed by atoms with Crippen molar-refractivity contribution in [2.75, 3.05) is 26.2 Å². The molecule has 0 bridgehead atoms. The molecule has 2 nitrogen and oxygen atoms in total. The van der Waals surface area contributed by atoms with Gasteiger partial charge in [-0.2, -0.15) is 13.2 Å². The minimum atomic E-state index is -4.11. The van der Waals surface area contributed by atoms with Crippen LogP contribution in [0.3, 0.4) is 0 Å². The molecule has 1 fully saturated rings. The zero-order valence-corrected chi connectivity index (χ0v) is 12.4. The van der Waals surface area contributed by atoms with Gasteiger partial charge in [0.15, 0.2) is 0 Å². The number of piperidine rings is 1. The second kappa shape index (κ2) is 7.27. The molecular formula is C16H23F3N2. The minimum Gasteiger partial charge on any atom is -0.308 e. The Bertz CT molecular complexity index is 428. The number of nitrogens with zero attached hydrogens (tertiary/aromatic N) is 1. The summed E-state index contributed by atoms with van der Waals surface area (Å²) >= 11 is 0. The third-order valence-corrected chi connectivity index (χ3v) is 3.89. The molecule has 1 aliphatic heterocycles. The van der Waals surface area contributed by atoms with Crippen molar-refractivity contribution >= 4 is 0 Å². The fourth-order valence-corrected chi connectivity index (χ4v) is 2.83. The third kappa shape index (κ3) is 6.06. The van der Waals surface area contributed by atoms with E-state index in [0.717, 1.165) is 32.5 Å². The molecule has 2 rings (SSSR count). The number of hydrogen-bond donors (Lipinski definition) is 1. The normalized spacial score (nSPS) is 20.7. The highest BCUT2D eigenvalue weighted by Crippen LogP contribution is 2.19. The Balaban J connectivity index is 1.76. The molecule has 1 unspecified atom stereocenters. The largest absolute Gasteiger partial charge is 0.401 e. The Morgan fingerprint density at radius 3 is 2.62 bits per heavy atom. The van der Waals surface area contributed by atoms with Gasteiger partial charge in [0.1, 0.15) is 0 Å². The van der Waals surface area contributed by atoms with Gasteiger partial charge >= 0.3 is 6.18 Å². The van der Waals surface area contributed by atoms with E-state index >= 15 is 0 Å². The smallest absolute Gasteiger partial charge is 0.308 e. The van der Waals surface area contributed by atoms with Crippen molar-refractivity contribution in [1.29, 1.82) is 0 Å². The molecule has 21 heavy (non-hydrogen) atoms. The quantitative estimate of drug-likeness (QED) is 0.897. The Kier molecular flexibility index (Phi) is 5.65. The number of rotatable bonds is 5.